The van der Waals surface area contributed by atoms with Crippen LogP contribution in [0.15, 0.2) is 24.3 Å². The summed E-state index contributed by atoms with van der Waals surface area (Å²) in [7, 11) is 0. The van der Waals surface area contributed by atoms with Gasteiger partial charge in [-0.2, -0.15) is 0 Å². The standard InChI is InChI=1S/C22H30ClNO6.Na/c1-2-7-20(29-21(26)16-8-4-3-5-9-16)30-22(27)24-15-6-10-19(25)28-18-13-11-17(23)12-14-18;/h11-14,16,20H,2-10,15H2,1H3,(H,24,27);/q;+1. The number of nitrogens with one attached hydrogen (secondary N) is 1. The molecule has 1 amide bonds. The van der Waals surface area contributed by atoms with Gasteiger partial charge in [-0.1, -0.05) is 37.8 Å². The Labute approximate surface area is 210 Å². The quantitative estimate of drug-likeness (QED) is 0.188. The van der Waals surface area contributed by atoms with Crippen molar-refractivity contribution in [1.82, 2.24) is 5.32 Å². The van der Waals surface area contributed by atoms with Crippen LogP contribution in [0.5, 0.6) is 5.75 Å². The largest absolute Gasteiger partial charge is 1.00 e. The molecule has 1 aliphatic rings. The molecule has 0 heterocycles. The van der Waals surface area contributed by atoms with Crippen LogP contribution in [-0.4, -0.2) is 30.9 Å². The number of hydrogen-bond donors (Lipinski definition) is 1. The zero-order chi connectivity index (χ0) is 21.8. The normalized spacial score (nSPS) is 14.6. The van der Waals surface area contributed by atoms with Crippen molar-refractivity contribution in [2.24, 2.45) is 5.92 Å². The molecule has 0 bridgehead atoms. The van der Waals surface area contributed by atoms with Gasteiger partial charge in [-0.25, -0.2) is 4.79 Å². The van der Waals surface area contributed by atoms with E-state index in [4.69, 9.17) is 25.8 Å². The predicted octanol–water partition coefficient (Wildman–Crippen LogP) is 2.01. The third-order valence-corrected chi connectivity index (χ3v) is 5.07. The van der Waals surface area contributed by atoms with Gasteiger partial charge in [-0.05, 0) is 49.9 Å². The minimum absolute atomic E-state index is 0. The first kappa shape index (κ1) is 27.8. The van der Waals surface area contributed by atoms with Crippen molar-refractivity contribution < 1.29 is 58.2 Å². The van der Waals surface area contributed by atoms with Gasteiger partial charge in [0.05, 0.1) is 5.92 Å². The van der Waals surface area contributed by atoms with Crippen molar-refractivity contribution in [2.75, 3.05) is 6.54 Å². The number of rotatable bonds is 10. The Balaban J connectivity index is 0.00000480. The van der Waals surface area contributed by atoms with E-state index < -0.39 is 18.4 Å². The maximum absolute atomic E-state index is 12.3. The van der Waals surface area contributed by atoms with Gasteiger partial charge in [0.1, 0.15) is 5.75 Å². The molecule has 9 heteroatoms. The molecular formula is C22H30ClNNaO6+. The smallest absolute Gasteiger partial charge is 0.427 e. The maximum Gasteiger partial charge on any atom is 1.00 e. The second-order valence-corrected chi connectivity index (χ2v) is 7.79. The summed E-state index contributed by atoms with van der Waals surface area (Å²) in [5, 5.41) is 3.13. The molecule has 0 saturated heterocycles. The zero-order valence-corrected chi connectivity index (χ0v) is 21.1. The number of amides is 1. The molecular weight excluding hydrogens is 433 g/mol. The number of carbonyl (C=O) groups excluding carboxylic acids is 3. The van der Waals surface area contributed by atoms with Crippen LogP contribution >= 0.6 is 11.6 Å². The summed E-state index contributed by atoms with van der Waals surface area (Å²) in [6.07, 6.45) is 4.99. The fraction of sp³-hybridized carbons (Fsp3) is 0.591. The number of benzene rings is 1. The summed E-state index contributed by atoms with van der Waals surface area (Å²) in [5.41, 5.74) is 0. The van der Waals surface area contributed by atoms with Crippen molar-refractivity contribution in [3.05, 3.63) is 29.3 Å². The van der Waals surface area contributed by atoms with E-state index in [1.807, 2.05) is 6.92 Å². The Hall–Kier alpha value is -1.28. The van der Waals surface area contributed by atoms with Crippen LogP contribution in [0.25, 0.3) is 0 Å². The third kappa shape index (κ3) is 11.2. The maximum atomic E-state index is 12.3. The molecule has 1 N–H and O–H groups in total. The second-order valence-electron chi connectivity index (χ2n) is 7.35. The van der Waals surface area contributed by atoms with Crippen molar-refractivity contribution in [2.45, 2.75) is 71.0 Å². The van der Waals surface area contributed by atoms with Gasteiger partial charge < -0.3 is 19.5 Å². The number of halogens is 1. The number of hydrogen-bond acceptors (Lipinski definition) is 6. The van der Waals surface area contributed by atoms with Crippen LogP contribution in [0.2, 0.25) is 5.02 Å². The second kappa shape index (κ2) is 15.5. The Morgan fingerprint density at radius 3 is 2.42 bits per heavy atom. The molecule has 1 fully saturated rings. The van der Waals surface area contributed by atoms with Crippen LogP contribution in [0.1, 0.15) is 64.7 Å². The van der Waals surface area contributed by atoms with Crippen LogP contribution in [0.3, 0.4) is 0 Å². The Kier molecular flexibility index (Phi) is 13.9. The van der Waals surface area contributed by atoms with Crippen molar-refractivity contribution >= 4 is 29.6 Å². The summed E-state index contributed by atoms with van der Waals surface area (Å²) in [6, 6.07) is 6.49. The molecule has 0 radical (unpaired) electrons. The molecule has 1 aliphatic carbocycles. The van der Waals surface area contributed by atoms with Gasteiger partial charge in [-0.15, -0.1) is 0 Å². The van der Waals surface area contributed by atoms with E-state index in [1.54, 1.807) is 24.3 Å². The van der Waals surface area contributed by atoms with E-state index in [0.717, 1.165) is 32.1 Å². The number of alkyl carbamates (subject to hydrolysis) is 1. The van der Waals surface area contributed by atoms with E-state index in [0.29, 0.717) is 30.0 Å². The van der Waals surface area contributed by atoms with Crippen molar-refractivity contribution in [3.63, 3.8) is 0 Å². The molecule has 1 aromatic rings. The van der Waals surface area contributed by atoms with E-state index in [-0.39, 0.29) is 54.4 Å². The molecule has 2 rings (SSSR count). The van der Waals surface area contributed by atoms with Gasteiger partial charge in [0.25, 0.3) is 0 Å². The molecule has 1 aromatic carbocycles. The summed E-state index contributed by atoms with van der Waals surface area (Å²) in [6.45, 7) is 2.17. The van der Waals surface area contributed by atoms with E-state index >= 15 is 0 Å². The predicted molar refractivity (Wildman–Crippen MR) is 112 cm³/mol. The Bertz CT molecular complexity index is 694. The summed E-state index contributed by atoms with van der Waals surface area (Å²) >= 11 is 5.78. The zero-order valence-electron chi connectivity index (χ0n) is 18.4. The number of carbonyl (C=O) groups is 3. The van der Waals surface area contributed by atoms with Crippen LogP contribution in [-0.2, 0) is 19.1 Å². The molecule has 0 aromatic heterocycles. The number of esters is 2. The molecule has 0 aliphatic heterocycles. The van der Waals surface area contributed by atoms with Gasteiger partial charge in [0, 0.05) is 24.4 Å². The molecule has 0 spiro atoms. The van der Waals surface area contributed by atoms with E-state index in [9.17, 15) is 14.4 Å². The molecule has 1 atom stereocenters. The first-order valence-electron chi connectivity index (χ1n) is 10.6. The van der Waals surface area contributed by atoms with Gasteiger partial charge in [-0.3, -0.25) is 9.59 Å². The van der Waals surface area contributed by atoms with E-state index in [2.05, 4.69) is 5.32 Å². The molecule has 1 saturated carbocycles. The monoisotopic (exact) mass is 462 g/mol. The van der Waals surface area contributed by atoms with Crippen LogP contribution in [0.4, 0.5) is 4.79 Å². The van der Waals surface area contributed by atoms with Crippen molar-refractivity contribution in [1.29, 1.82) is 0 Å². The summed E-state index contributed by atoms with van der Waals surface area (Å²) < 4.78 is 15.8. The molecule has 31 heavy (non-hydrogen) atoms. The molecule has 166 valence electrons. The van der Waals surface area contributed by atoms with E-state index in [1.165, 1.54) is 0 Å². The fourth-order valence-electron chi connectivity index (χ4n) is 3.21. The Morgan fingerprint density at radius 1 is 1.10 bits per heavy atom. The summed E-state index contributed by atoms with van der Waals surface area (Å²) in [4.78, 5) is 36.1. The topological polar surface area (TPSA) is 90.9 Å². The summed E-state index contributed by atoms with van der Waals surface area (Å²) in [5.74, 6) is -0.376. The average molecular weight is 463 g/mol. The molecule has 1 unspecified atom stereocenters. The van der Waals surface area contributed by atoms with Crippen molar-refractivity contribution in [3.8, 4) is 5.75 Å². The third-order valence-electron chi connectivity index (χ3n) is 4.82. The van der Waals surface area contributed by atoms with Crippen LogP contribution in [0, 0.1) is 5.92 Å². The SMILES string of the molecule is CCCC(OC(=O)NCCCC(=O)Oc1ccc(Cl)cc1)OC(=O)C1CCCCC1.[Na+]. The van der Waals surface area contributed by atoms with Crippen LogP contribution < -0.4 is 39.6 Å². The average Bonchev–Trinajstić information content (AvgIpc) is 2.73. The first-order chi connectivity index (χ1) is 14.5. The number of ether oxygens (including phenoxy) is 3. The molecule has 7 nitrogen and oxygen atoms in total. The fourth-order valence-corrected chi connectivity index (χ4v) is 3.34. The van der Waals surface area contributed by atoms with Gasteiger partial charge in [0.2, 0.25) is 6.29 Å². The minimum atomic E-state index is -0.890. The van der Waals surface area contributed by atoms with Gasteiger partial charge >= 0.3 is 47.6 Å². The first-order valence-corrected chi connectivity index (χ1v) is 11.0. The minimum Gasteiger partial charge on any atom is -0.427 e. The Morgan fingerprint density at radius 2 is 1.77 bits per heavy atom. The van der Waals surface area contributed by atoms with Gasteiger partial charge in [0.15, 0.2) is 0 Å².